The molecule has 7 nitrogen and oxygen atoms in total. The van der Waals surface area contributed by atoms with Crippen LogP contribution in [0.3, 0.4) is 0 Å². The van der Waals surface area contributed by atoms with Gasteiger partial charge in [0, 0.05) is 23.7 Å². The number of pyridine rings is 1. The molecular formula is C23H26N4O3S. The van der Waals surface area contributed by atoms with Crippen molar-refractivity contribution in [2.45, 2.75) is 73.2 Å². The van der Waals surface area contributed by atoms with E-state index in [0.717, 1.165) is 38.5 Å². The monoisotopic (exact) mass is 438 g/mol. The minimum absolute atomic E-state index is 0.0462. The molecule has 0 bridgehead atoms. The molecule has 2 aliphatic carbocycles. The fraction of sp³-hybridized carbons (Fsp3) is 0.435. The fourth-order valence-electron chi connectivity index (χ4n) is 4.84. The van der Waals surface area contributed by atoms with E-state index in [0.29, 0.717) is 23.0 Å². The maximum atomic E-state index is 13.5. The van der Waals surface area contributed by atoms with E-state index in [9.17, 15) is 13.2 Å². The van der Waals surface area contributed by atoms with Gasteiger partial charge in [0.15, 0.2) is 0 Å². The number of hydrogen-bond acceptors (Lipinski definition) is 6. The first-order valence-electron chi connectivity index (χ1n) is 11.0. The Morgan fingerprint density at radius 2 is 1.65 bits per heavy atom. The Morgan fingerprint density at radius 1 is 0.968 bits per heavy atom. The van der Waals surface area contributed by atoms with E-state index in [-0.39, 0.29) is 15.8 Å². The molecule has 2 fully saturated rings. The van der Waals surface area contributed by atoms with Gasteiger partial charge in [0.25, 0.3) is 5.56 Å². The molecule has 0 saturated heterocycles. The van der Waals surface area contributed by atoms with Gasteiger partial charge in [-0.25, -0.2) is 13.4 Å². The Kier molecular flexibility index (Phi) is 5.25. The summed E-state index contributed by atoms with van der Waals surface area (Å²) in [7, 11) is -3.95. The molecule has 162 valence electrons. The molecule has 0 unspecified atom stereocenters. The van der Waals surface area contributed by atoms with Crippen LogP contribution in [0.2, 0.25) is 0 Å². The lowest BCUT2D eigenvalue weighted by molar-refractivity contribution is 0.507. The largest absolute Gasteiger partial charge is 0.351 e. The lowest BCUT2D eigenvalue weighted by atomic mass is 10.2. The van der Waals surface area contributed by atoms with Gasteiger partial charge in [-0.1, -0.05) is 43.9 Å². The van der Waals surface area contributed by atoms with Crippen molar-refractivity contribution in [2.75, 3.05) is 5.32 Å². The molecule has 5 rings (SSSR count). The molecule has 8 heteroatoms. The highest BCUT2D eigenvalue weighted by molar-refractivity contribution is 7.91. The summed E-state index contributed by atoms with van der Waals surface area (Å²) in [5.41, 5.74) is 0.0215. The Bertz CT molecular complexity index is 1260. The second kappa shape index (κ2) is 8.07. The predicted octanol–water partition coefficient (Wildman–Crippen LogP) is 4.09. The van der Waals surface area contributed by atoms with Gasteiger partial charge < -0.3 is 5.32 Å². The fourth-order valence-corrected chi connectivity index (χ4v) is 6.22. The van der Waals surface area contributed by atoms with Crippen LogP contribution in [0.5, 0.6) is 0 Å². The number of nitrogens with one attached hydrogen (secondary N) is 1. The molecule has 2 aromatic heterocycles. The average Bonchev–Trinajstić information content (AvgIpc) is 3.48. The lowest BCUT2D eigenvalue weighted by Crippen LogP contribution is -2.29. The van der Waals surface area contributed by atoms with Gasteiger partial charge in [0.2, 0.25) is 15.8 Å². The van der Waals surface area contributed by atoms with E-state index < -0.39 is 15.4 Å². The lowest BCUT2D eigenvalue weighted by Gasteiger charge is -2.19. The van der Waals surface area contributed by atoms with Crippen LogP contribution in [0.25, 0.3) is 11.0 Å². The SMILES string of the molecule is O=c1c(S(=O)(=O)c2ccccc2)cc2cnc(NC3CCCC3)nc2n1C1CCCC1. The number of benzene rings is 1. The third kappa shape index (κ3) is 3.73. The van der Waals surface area contributed by atoms with Gasteiger partial charge in [-0.3, -0.25) is 9.36 Å². The topological polar surface area (TPSA) is 93.9 Å². The van der Waals surface area contributed by atoms with Crippen molar-refractivity contribution in [3.63, 3.8) is 0 Å². The van der Waals surface area contributed by atoms with Crippen LogP contribution < -0.4 is 10.9 Å². The van der Waals surface area contributed by atoms with E-state index in [1.807, 2.05) is 0 Å². The Labute approximate surface area is 181 Å². The normalized spacial score (nSPS) is 18.1. The van der Waals surface area contributed by atoms with Crippen LogP contribution >= 0.6 is 0 Å². The number of anilines is 1. The summed E-state index contributed by atoms with van der Waals surface area (Å²) in [6.07, 6.45) is 9.93. The highest BCUT2D eigenvalue weighted by atomic mass is 32.2. The summed E-state index contributed by atoms with van der Waals surface area (Å²) in [4.78, 5) is 22.6. The van der Waals surface area contributed by atoms with Gasteiger partial charge in [-0.15, -0.1) is 0 Å². The molecule has 3 aromatic rings. The zero-order valence-electron chi connectivity index (χ0n) is 17.3. The van der Waals surface area contributed by atoms with Gasteiger partial charge in [0.05, 0.1) is 4.90 Å². The van der Waals surface area contributed by atoms with Gasteiger partial charge in [0.1, 0.15) is 10.5 Å². The van der Waals surface area contributed by atoms with Crippen molar-refractivity contribution in [3.8, 4) is 0 Å². The van der Waals surface area contributed by atoms with E-state index in [2.05, 4.69) is 15.3 Å². The van der Waals surface area contributed by atoms with Gasteiger partial charge >= 0.3 is 0 Å². The van der Waals surface area contributed by atoms with Gasteiger partial charge in [-0.2, -0.15) is 4.98 Å². The number of sulfone groups is 1. The van der Waals surface area contributed by atoms with Gasteiger partial charge in [-0.05, 0) is 43.9 Å². The number of nitrogens with zero attached hydrogens (tertiary/aromatic N) is 3. The molecule has 1 N–H and O–H groups in total. The van der Waals surface area contributed by atoms with E-state index in [4.69, 9.17) is 0 Å². The van der Waals surface area contributed by atoms with Crippen molar-refractivity contribution in [2.24, 2.45) is 0 Å². The first-order chi connectivity index (χ1) is 15.0. The molecular weight excluding hydrogens is 412 g/mol. The molecule has 0 spiro atoms. The maximum Gasteiger partial charge on any atom is 0.271 e. The van der Waals surface area contributed by atoms with Crippen LogP contribution in [-0.4, -0.2) is 29.0 Å². The smallest absolute Gasteiger partial charge is 0.271 e. The number of rotatable bonds is 5. The predicted molar refractivity (Wildman–Crippen MR) is 119 cm³/mol. The van der Waals surface area contributed by atoms with Crippen LogP contribution in [0, 0.1) is 0 Å². The molecule has 2 heterocycles. The highest BCUT2D eigenvalue weighted by Gasteiger charge is 2.28. The molecule has 0 aliphatic heterocycles. The Balaban J connectivity index is 1.68. The summed E-state index contributed by atoms with van der Waals surface area (Å²) in [5, 5.41) is 3.95. The molecule has 31 heavy (non-hydrogen) atoms. The van der Waals surface area contributed by atoms with E-state index in [1.54, 1.807) is 29.0 Å². The van der Waals surface area contributed by atoms with Crippen molar-refractivity contribution in [1.29, 1.82) is 0 Å². The second-order valence-corrected chi connectivity index (χ2v) is 10.5. The van der Waals surface area contributed by atoms with Crippen LogP contribution in [0.4, 0.5) is 5.95 Å². The highest BCUT2D eigenvalue weighted by Crippen LogP contribution is 2.32. The second-order valence-electron chi connectivity index (χ2n) is 8.54. The Hall–Kier alpha value is -2.74. The quantitative estimate of drug-likeness (QED) is 0.645. The van der Waals surface area contributed by atoms with Crippen molar-refractivity contribution >= 4 is 26.8 Å². The average molecular weight is 439 g/mol. The summed E-state index contributed by atoms with van der Waals surface area (Å²) >= 11 is 0. The summed E-state index contributed by atoms with van der Waals surface area (Å²) < 4.78 is 28.2. The zero-order valence-corrected chi connectivity index (χ0v) is 18.1. The number of aromatic nitrogens is 3. The first kappa shape index (κ1) is 20.2. The third-order valence-corrected chi connectivity index (χ3v) is 8.23. The molecule has 0 radical (unpaired) electrons. The minimum atomic E-state index is -3.95. The first-order valence-corrected chi connectivity index (χ1v) is 12.5. The molecule has 2 saturated carbocycles. The molecule has 1 aromatic carbocycles. The van der Waals surface area contributed by atoms with Crippen molar-refractivity contribution < 1.29 is 8.42 Å². The standard InChI is InChI=1S/C23H26N4O3S/c28-22-20(31(29,30)19-12-2-1-3-13-19)14-16-15-24-23(25-17-8-4-5-9-17)26-21(16)27(22)18-10-6-7-11-18/h1-3,12-15,17-18H,4-11H2,(H,24,25,26). The zero-order chi connectivity index (χ0) is 21.4. The molecule has 0 atom stereocenters. The van der Waals surface area contributed by atoms with E-state index >= 15 is 0 Å². The number of fused-ring (bicyclic) bond motifs is 1. The third-order valence-electron chi connectivity index (χ3n) is 6.46. The summed E-state index contributed by atoms with van der Waals surface area (Å²) in [5.74, 6) is 0.504. The summed E-state index contributed by atoms with van der Waals surface area (Å²) in [6, 6.07) is 9.85. The number of hydrogen-bond donors (Lipinski definition) is 1. The van der Waals surface area contributed by atoms with Crippen LogP contribution in [0.1, 0.15) is 57.4 Å². The van der Waals surface area contributed by atoms with E-state index in [1.165, 1.54) is 31.0 Å². The maximum absolute atomic E-state index is 13.5. The Morgan fingerprint density at radius 3 is 2.35 bits per heavy atom. The summed E-state index contributed by atoms with van der Waals surface area (Å²) in [6.45, 7) is 0. The van der Waals surface area contributed by atoms with Crippen LogP contribution in [0.15, 0.2) is 57.2 Å². The van der Waals surface area contributed by atoms with Crippen molar-refractivity contribution in [3.05, 3.63) is 52.9 Å². The molecule has 0 amide bonds. The van der Waals surface area contributed by atoms with Crippen molar-refractivity contribution in [1.82, 2.24) is 14.5 Å². The van der Waals surface area contributed by atoms with Crippen LogP contribution in [-0.2, 0) is 9.84 Å². The molecule has 2 aliphatic rings. The minimum Gasteiger partial charge on any atom is -0.351 e.